The van der Waals surface area contributed by atoms with Crippen LogP contribution >= 0.6 is 0 Å². The highest BCUT2D eigenvalue weighted by molar-refractivity contribution is 4.81. The number of hydrogen-bond donors (Lipinski definition) is 0. The van der Waals surface area contributed by atoms with Crippen LogP contribution in [-0.4, -0.2) is 147 Å². The highest BCUT2D eigenvalue weighted by Crippen LogP contribution is 2.24. The van der Waals surface area contributed by atoms with E-state index < -0.39 is 0 Å². The highest BCUT2D eigenvalue weighted by Gasteiger charge is 2.26. The van der Waals surface area contributed by atoms with E-state index in [2.05, 4.69) is 84.9 Å². The summed E-state index contributed by atoms with van der Waals surface area (Å²) in [6.45, 7) is 35.9. The summed E-state index contributed by atoms with van der Waals surface area (Å²) in [6, 6.07) is 1.50. The summed E-state index contributed by atoms with van der Waals surface area (Å²) in [5, 5.41) is 0. The summed E-state index contributed by atoms with van der Waals surface area (Å²) >= 11 is 0. The molecule has 0 radical (unpaired) electrons. The van der Waals surface area contributed by atoms with Crippen LogP contribution in [0.25, 0.3) is 0 Å². The van der Waals surface area contributed by atoms with Crippen molar-refractivity contribution >= 4 is 0 Å². The van der Waals surface area contributed by atoms with E-state index in [1.165, 1.54) is 150 Å². The number of piperazine rings is 1. The summed E-state index contributed by atoms with van der Waals surface area (Å²) < 4.78 is 0. The van der Waals surface area contributed by atoms with Gasteiger partial charge in [0, 0.05) is 64.4 Å². The van der Waals surface area contributed by atoms with Crippen LogP contribution in [-0.2, 0) is 0 Å². The summed E-state index contributed by atoms with van der Waals surface area (Å²) in [5.74, 6) is 3.59. The molecular weight excluding hydrogens is 528 g/mol. The molecule has 5 heterocycles. The van der Waals surface area contributed by atoms with Crippen LogP contribution in [0.4, 0.5) is 0 Å². The number of fused-ring (bicyclic) bond motifs is 12. The van der Waals surface area contributed by atoms with Gasteiger partial charge in [-0.1, -0.05) is 27.7 Å². The molecule has 43 heavy (non-hydrogen) atoms. The first-order valence-corrected chi connectivity index (χ1v) is 19.0. The van der Waals surface area contributed by atoms with Crippen molar-refractivity contribution in [2.24, 2.45) is 23.7 Å². The molecule has 5 rings (SSSR count). The van der Waals surface area contributed by atoms with Crippen LogP contribution in [0.2, 0.25) is 0 Å². The van der Waals surface area contributed by atoms with Crippen molar-refractivity contribution in [3.05, 3.63) is 0 Å². The topological polar surface area (TPSA) is 19.4 Å². The molecule has 0 aromatic heterocycles. The molecule has 0 aliphatic carbocycles. The molecule has 5 aliphatic heterocycles. The van der Waals surface area contributed by atoms with Gasteiger partial charge in [-0.05, 0) is 149 Å². The monoisotopic (exact) mass is 605 g/mol. The smallest absolute Gasteiger partial charge is 0.0113 e. The minimum Gasteiger partial charge on any atom is -0.305 e. The second-order valence-corrected chi connectivity index (χ2v) is 15.9. The third-order valence-corrected chi connectivity index (χ3v) is 11.5. The Morgan fingerprint density at radius 2 is 1.26 bits per heavy atom. The third kappa shape index (κ3) is 14.4. The van der Waals surface area contributed by atoms with Gasteiger partial charge >= 0.3 is 0 Å². The van der Waals surface area contributed by atoms with Gasteiger partial charge in [0.15, 0.2) is 0 Å². The van der Waals surface area contributed by atoms with Crippen molar-refractivity contribution in [3.63, 3.8) is 0 Å². The Kier molecular flexibility index (Phi) is 17.4. The van der Waals surface area contributed by atoms with E-state index in [9.17, 15) is 0 Å². The molecular formula is C37H76N6. The third-order valence-electron chi connectivity index (χ3n) is 11.5. The zero-order valence-corrected chi connectivity index (χ0v) is 30.4. The zero-order chi connectivity index (χ0) is 31.2. The number of likely N-dealkylation sites (N-methyl/N-ethyl adjacent to an activating group) is 2. The normalized spacial score (nSPS) is 31.1. The fraction of sp³-hybridized carbons (Fsp3) is 1.00. The number of piperidine rings is 2. The molecule has 6 heteroatoms. The van der Waals surface area contributed by atoms with Crippen LogP contribution in [0.1, 0.15) is 99.8 Å². The van der Waals surface area contributed by atoms with Crippen molar-refractivity contribution in [1.82, 2.24) is 29.4 Å². The Morgan fingerprint density at radius 3 is 1.86 bits per heavy atom. The van der Waals surface area contributed by atoms with Crippen molar-refractivity contribution in [3.8, 4) is 0 Å². The van der Waals surface area contributed by atoms with Gasteiger partial charge in [-0.2, -0.15) is 0 Å². The Balaban J connectivity index is 0.000000236. The minimum atomic E-state index is 0.719. The first-order valence-electron chi connectivity index (χ1n) is 19.0. The number of likely N-dealkylation sites (tertiary alicyclic amines) is 1. The summed E-state index contributed by atoms with van der Waals surface area (Å²) in [4.78, 5) is 16.0. The van der Waals surface area contributed by atoms with Crippen LogP contribution in [0.5, 0.6) is 0 Å². The predicted octanol–water partition coefficient (Wildman–Crippen LogP) is 5.93. The van der Waals surface area contributed by atoms with Crippen LogP contribution < -0.4 is 0 Å². The predicted molar refractivity (Wildman–Crippen MR) is 188 cm³/mol. The maximum absolute atomic E-state index is 2.75. The molecule has 0 saturated carbocycles. The fourth-order valence-corrected chi connectivity index (χ4v) is 7.76. The van der Waals surface area contributed by atoms with Crippen molar-refractivity contribution in [1.29, 1.82) is 0 Å². The molecule has 5 aliphatic rings. The number of rotatable bonds is 7. The molecule has 0 spiro atoms. The average molecular weight is 605 g/mol. The molecule has 2 unspecified atom stereocenters. The van der Waals surface area contributed by atoms with Gasteiger partial charge < -0.3 is 24.5 Å². The molecule has 2 bridgehead atoms. The molecule has 254 valence electrons. The summed E-state index contributed by atoms with van der Waals surface area (Å²) in [5.41, 5.74) is 0. The lowest BCUT2D eigenvalue weighted by molar-refractivity contribution is 0.0804. The van der Waals surface area contributed by atoms with Crippen LogP contribution in [0.15, 0.2) is 0 Å². The van der Waals surface area contributed by atoms with E-state index in [1.807, 2.05) is 0 Å². The lowest BCUT2D eigenvalue weighted by atomic mass is 9.93. The minimum absolute atomic E-state index is 0.719. The molecule has 0 N–H and O–H groups in total. The molecule has 5 saturated heterocycles. The lowest BCUT2D eigenvalue weighted by Crippen LogP contribution is -2.50. The van der Waals surface area contributed by atoms with Crippen LogP contribution in [0, 0.1) is 23.7 Å². The van der Waals surface area contributed by atoms with E-state index in [0.717, 1.165) is 35.8 Å². The molecule has 6 nitrogen and oxygen atoms in total. The van der Waals surface area contributed by atoms with Gasteiger partial charge in [-0.15, -0.1) is 0 Å². The van der Waals surface area contributed by atoms with E-state index in [-0.39, 0.29) is 0 Å². The van der Waals surface area contributed by atoms with Crippen molar-refractivity contribution in [2.45, 2.75) is 112 Å². The van der Waals surface area contributed by atoms with E-state index in [1.54, 1.807) is 0 Å². The Labute approximate surface area is 269 Å². The maximum atomic E-state index is 2.75. The Morgan fingerprint density at radius 1 is 0.628 bits per heavy atom. The van der Waals surface area contributed by atoms with E-state index in [0.29, 0.717) is 0 Å². The molecule has 5 fully saturated rings. The summed E-state index contributed by atoms with van der Waals surface area (Å²) in [6.07, 6.45) is 11.2. The Hall–Kier alpha value is -0.240. The number of nitrogens with zero attached hydrogens (tertiary/aromatic N) is 6. The van der Waals surface area contributed by atoms with E-state index >= 15 is 0 Å². The quantitative estimate of drug-likeness (QED) is 0.356. The maximum Gasteiger partial charge on any atom is 0.0113 e. The number of hydrogen-bond acceptors (Lipinski definition) is 6. The van der Waals surface area contributed by atoms with Crippen molar-refractivity contribution in [2.75, 3.05) is 105 Å². The molecule has 0 aromatic rings. The molecule has 0 aromatic carbocycles. The summed E-state index contributed by atoms with van der Waals surface area (Å²) in [7, 11) is 2.32. The van der Waals surface area contributed by atoms with Gasteiger partial charge in [-0.25, -0.2) is 0 Å². The fourth-order valence-electron chi connectivity index (χ4n) is 7.76. The van der Waals surface area contributed by atoms with Crippen LogP contribution in [0.3, 0.4) is 0 Å². The average Bonchev–Trinajstić information content (AvgIpc) is 3.00. The van der Waals surface area contributed by atoms with E-state index in [4.69, 9.17) is 0 Å². The largest absolute Gasteiger partial charge is 0.305 e. The second kappa shape index (κ2) is 20.1. The molecule has 0 amide bonds. The van der Waals surface area contributed by atoms with Crippen molar-refractivity contribution < 1.29 is 0 Å². The first-order chi connectivity index (χ1) is 20.6. The Bertz CT molecular complexity index is 691. The second-order valence-electron chi connectivity index (χ2n) is 15.9. The lowest BCUT2D eigenvalue weighted by Gasteiger charge is -2.40. The van der Waals surface area contributed by atoms with Gasteiger partial charge in [-0.3, -0.25) is 4.90 Å². The standard InChI is InChI=1S/C19H39N3.C18H37N3/c1-5-21-11-8-17(2)6-7-18(3)22-12-9-19(10-13-22)16-20(4)14-15-21;1-16(2)5-8-19-9-6-18(7-10-19)15-20-11-13-21(14-12-20)17(3)4/h17-19H,5-16H2,1-4H3;16-18H,5-15H2,1-4H3. The zero-order valence-electron chi connectivity index (χ0n) is 30.4. The van der Waals surface area contributed by atoms with Gasteiger partial charge in [0.25, 0.3) is 0 Å². The van der Waals surface area contributed by atoms with Gasteiger partial charge in [0.1, 0.15) is 0 Å². The van der Waals surface area contributed by atoms with Gasteiger partial charge in [0.05, 0.1) is 0 Å². The highest BCUT2D eigenvalue weighted by atomic mass is 15.3. The van der Waals surface area contributed by atoms with Gasteiger partial charge in [0.2, 0.25) is 0 Å². The first kappa shape index (κ1) is 37.2. The molecule has 2 atom stereocenters. The SMILES string of the molecule is CC(C)CCN1CCC(CN2CCN(C(C)C)CC2)CC1.CCN1CCC(C)CCC(C)N2CCC(CC2)CN(C)CC1.